The van der Waals surface area contributed by atoms with E-state index in [-0.39, 0.29) is 30.4 Å². The highest BCUT2D eigenvalue weighted by Gasteiger charge is 2.43. The average molecular weight is 443 g/mol. The summed E-state index contributed by atoms with van der Waals surface area (Å²) in [6.07, 6.45) is 2.96. The van der Waals surface area contributed by atoms with Crippen molar-refractivity contribution in [1.29, 1.82) is 0 Å². The Morgan fingerprint density at radius 3 is 2.59 bits per heavy atom. The molecular formula is C23H30N4O5. The van der Waals surface area contributed by atoms with E-state index in [0.29, 0.717) is 38.6 Å². The molecule has 3 rings (SSSR count). The normalized spacial score (nSPS) is 21.9. The lowest BCUT2D eigenvalue weighted by molar-refractivity contribution is -0.177. The van der Waals surface area contributed by atoms with Crippen LogP contribution in [0.1, 0.15) is 44.6 Å². The van der Waals surface area contributed by atoms with E-state index in [4.69, 9.17) is 0 Å². The molecule has 2 N–H and O–H groups in total. The fraction of sp³-hybridized carbons (Fsp3) is 0.522. The van der Waals surface area contributed by atoms with Gasteiger partial charge in [-0.05, 0) is 38.2 Å². The molecule has 32 heavy (non-hydrogen) atoms. The Morgan fingerprint density at radius 1 is 1.16 bits per heavy atom. The Morgan fingerprint density at radius 2 is 1.91 bits per heavy atom. The lowest BCUT2D eigenvalue weighted by atomic mass is 10.0. The second-order valence-corrected chi connectivity index (χ2v) is 8.35. The summed E-state index contributed by atoms with van der Waals surface area (Å²) < 4.78 is 0. The Hall–Kier alpha value is -3.07. The monoisotopic (exact) mass is 442 g/mol. The summed E-state index contributed by atoms with van der Waals surface area (Å²) in [4.78, 5) is 61.0. The number of hydrazine groups is 1. The van der Waals surface area contributed by atoms with Crippen molar-refractivity contribution >= 4 is 29.8 Å². The minimum absolute atomic E-state index is 0.0836. The lowest BCUT2D eigenvalue weighted by Crippen LogP contribution is -2.68. The van der Waals surface area contributed by atoms with Crippen LogP contribution in [0.5, 0.6) is 0 Å². The van der Waals surface area contributed by atoms with Crippen LogP contribution in [0.3, 0.4) is 0 Å². The number of ketones is 1. The molecule has 2 fully saturated rings. The first-order chi connectivity index (χ1) is 15.4. The predicted octanol–water partition coefficient (Wildman–Crippen LogP) is 0.379. The van der Waals surface area contributed by atoms with Crippen LogP contribution in [0.2, 0.25) is 0 Å². The number of Topliss-reactive ketones (excluding diaryl/α,β-unsaturated/α-hetero) is 1. The van der Waals surface area contributed by atoms with E-state index in [1.165, 1.54) is 11.9 Å². The summed E-state index contributed by atoms with van der Waals surface area (Å²) in [5.41, 5.74) is 1.05. The number of nitrogens with zero attached hydrogens (tertiary/aromatic N) is 2. The van der Waals surface area contributed by atoms with Gasteiger partial charge in [-0.3, -0.25) is 24.2 Å². The molecule has 0 spiro atoms. The fourth-order valence-electron chi connectivity index (χ4n) is 4.23. The molecular weight excluding hydrogens is 412 g/mol. The molecule has 1 aromatic rings. The molecule has 0 bridgehead atoms. The van der Waals surface area contributed by atoms with Gasteiger partial charge in [0.2, 0.25) is 11.8 Å². The minimum Gasteiger partial charge on any atom is -0.344 e. The summed E-state index contributed by atoms with van der Waals surface area (Å²) in [6, 6.07) is 7.28. The van der Waals surface area contributed by atoms with Crippen molar-refractivity contribution in [3.63, 3.8) is 0 Å². The van der Waals surface area contributed by atoms with E-state index in [1.54, 1.807) is 0 Å². The predicted molar refractivity (Wildman–Crippen MR) is 116 cm³/mol. The van der Waals surface area contributed by atoms with Gasteiger partial charge in [0.25, 0.3) is 5.91 Å². The molecule has 2 heterocycles. The van der Waals surface area contributed by atoms with E-state index >= 15 is 0 Å². The fourth-order valence-corrected chi connectivity index (χ4v) is 4.23. The minimum atomic E-state index is -0.913. The number of carbonyl (C=O) groups is 5. The van der Waals surface area contributed by atoms with Crippen molar-refractivity contribution < 1.29 is 24.0 Å². The van der Waals surface area contributed by atoms with Crippen LogP contribution in [0.25, 0.3) is 0 Å². The maximum absolute atomic E-state index is 13.2. The third-order valence-corrected chi connectivity index (χ3v) is 5.81. The zero-order valence-electron chi connectivity index (χ0n) is 18.3. The van der Waals surface area contributed by atoms with Crippen LogP contribution in [-0.2, 0) is 30.4 Å². The number of hydrogen-bond acceptors (Lipinski definition) is 6. The average Bonchev–Trinajstić information content (AvgIpc) is 2.79. The first-order valence-electron chi connectivity index (χ1n) is 11.1. The maximum Gasteiger partial charge on any atom is 0.260 e. The molecule has 2 aliphatic heterocycles. The summed E-state index contributed by atoms with van der Waals surface area (Å²) in [6.45, 7) is 2.54. The third-order valence-electron chi connectivity index (χ3n) is 5.81. The first kappa shape index (κ1) is 23.6. The molecule has 0 saturated carbocycles. The first-order valence-corrected chi connectivity index (χ1v) is 11.1. The van der Waals surface area contributed by atoms with Crippen molar-refractivity contribution in [1.82, 2.24) is 20.7 Å². The van der Waals surface area contributed by atoms with E-state index in [0.717, 1.165) is 12.0 Å². The SMILES string of the molecule is CC(=O)C[C@@H](C=O)NC(=O)[C@@H]1CCCN2CC[C@H](NC(=O)CCc3ccccc3)C(=O)N12. The molecule has 2 saturated heterocycles. The van der Waals surface area contributed by atoms with Gasteiger partial charge in [-0.25, -0.2) is 5.01 Å². The molecule has 3 atom stereocenters. The molecule has 1 aromatic carbocycles. The quantitative estimate of drug-likeness (QED) is 0.534. The van der Waals surface area contributed by atoms with Gasteiger partial charge in [0, 0.05) is 25.9 Å². The van der Waals surface area contributed by atoms with E-state index < -0.39 is 24.0 Å². The number of hydrogen-bond donors (Lipinski definition) is 2. The van der Waals surface area contributed by atoms with Crippen molar-refractivity contribution in [2.45, 2.75) is 63.6 Å². The highest BCUT2D eigenvalue weighted by molar-refractivity contribution is 5.93. The zero-order chi connectivity index (χ0) is 23.1. The van der Waals surface area contributed by atoms with E-state index in [1.807, 2.05) is 35.3 Å². The van der Waals surface area contributed by atoms with Crippen LogP contribution in [-0.4, -0.2) is 71.0 Å². The number of fused-ring (bicyclic) bond motifs is 1. The summed E-state index contributed by atoms with van der Waals surface area (Å²) in [5.74, 6) is -1.20. The van der Waals surface area contributed by atoms with Gasteiger partial charge in [0.15, 0.2) is 0 Å². The zero-order valence-corrected chi connectivity index (χ0v) is 18.3. The molecule has 0 unspecified atom stereocenters. The van der Waals surface area contributed by atoms with Gasteiger partial charge in [-0.1, -0.05) is 30.3 Å². The highest BCUT2D eigenvalue weighted by Crippen LogP contribution is 2.24. The molecule has 3 amide bonds. The van der Waals surface area contributed by atoms with Gasteiger partial charge in [-0.15, -0.1) is 0 Å². The lowest BCUT2D eigenvalue weighted by Gasteiger charge is -2.48. The van der Waals surface area contributed by atoms with E-state index in [2.05, 4.69) is 10.6 Å². The second kappa shape index (κ2) is 11.0. The van der Waals surface area contributed by atoms with Crippen molar-refractivity contribution in [3.8, 4) is 0 Å². The van der Waals surface area contributed by atoms with Crippen LogP contribution in [0.15, 0.2) is 30.3 Å². The standard InChI is InChI=1S/C23H30N4O5/c1-16(29)14-18(15-28)24-22(31)20-8-5-12-26-13-11-19(23(32)27(20)26)25-21(30)10-9-17-6-3-2-4-7-17/h2-4,6-7,15,18-20H,5,8-14H2,1H3,(H,24,31)(H,25,30)/t18-,19-,20-/m0/s1. The topological polar surface area (TPSA) is 116 Å². The molecule has 2 aliphatic rings. The number of aryl methyl sites for hydroxylation is 1. The summed E-state index contributed by atoms with van der Waals surface area (Å²) in [7, 11) is 0. The smallest absolute Gasteiger partial charge is 0.260 e. The number of benzene rings is 1. The molecule has 0 aromatic heterocycles. The van der Waals surface area contributed by atoms with Gasteiger partial charge in [0.05, 0.1) is 6.04 Å². The van der Waals surface area contributed by atoms with Crippen molar-refractivity contribution in [3.05, 3.63) is 35.9 Å². The summed E-state index contributed by atoms with van der Waals surface area (Å²) >= 11 is 0. The second-order valence-electron chi connectivity index (χ2n) is 8.35. The van der Waals surface area contributed by atoms with Gasteiger partial charge < -0.3 is 15.4 Å². The third kappa shape index (κ3) is 6.00. The van der Waals surface area contributed by atoms with Crippen LogP contribution in [0, 0.1) is 0 Å². The number of nitrogens with one attached hydrogen (secondary N) is 2. The molecule has 172 valence electrons. The number of aldehydes is 1. The molecule has 0 radical (unpaired) electrons. The van der Waals surface area contributed by atoms with Crippen LogP contribution in [0.4, 0.5) is 0 Å². The number of amides is 3. The van der Waals surface area contributed by atoms with E-state index in [9.17, 15) is 24.0 Å². The van der Waals surface area contributed by atoms with Gasteiger partial charge in [0.1, 0.15) is 24.2 Å². The highest BCUT2D eigenvalue weighted by atomic mass is 16.2. The summed E-state index contributed by atoms with van der Waals surface area (Å²) in [5, 5.41) is 8.67. The molecule has 9 heteroatoms. The molecule has 9 nitrogen and oxygen atoms in total. The van der Waals surface area contributed by atoms with Crippen LogP contribution < -0.4 is 10.6 Å². The van der Waals surface area contributed by atoms with Gasteiger partial charge in [-0.2, -0.15) is 0 Å². The van der Waals surface area contributed by atoms with Gasteiger partial charge >= 0.3 is 0 Å². The Labute approximate surface area is 187 Å². The Bertz CT molecular complexity index is 859. The maximum atomic E-state index is 13.2. The Kier molecular flexibility index (Phi) is 8.10. The number of carbonyl (C=O) groups excluding carboxylic acids is 5. The molecule has 0 aliphatic carbocycles. The van der Waals surface area contributed by atoms with Crippen molar-refractivity contribution in [2.75, 3.05) is 13.1 Å². The largest absolute Gasteiger partial charge is 0.344 e. The van der Waals surface area contributed by atoms with Crippen LogP contribution >= 0.6 is 0 Å². The Balaban J connectivity index is 1.61. The number of rotatable bonds is 9. The van der Waals surface area contributed by atoms with Crippen molar-refractivity contribution in [2.24, 2.45) is 0 Å².